The molecule has 2 aromatic rings. The first-order valence-corrected chi connectivity index (χ1v) is 8.79. The van der Waals surface area contributed by atoms with Gasteiger partial charge in [0.1, 0.15) is 5.82 Å². The number of nitrogens with one attached hydrogen (secondary N) is 2. The highest BCUT2D eigenvalue weighted by Crippen LogP contribution is 2.21. The molecule has 0 amide bonds. The normalized spacial score (nSPS) is 13.2. The number of benzene rings is 2. The van der Waals surface area contributed by atoms with Crippen molar-refractivity contribution in [2.75, 3.05) is 0 Å². The summed E-state index contributed by atoms with van der Waals surface area (Å²) in [7, 11) is 0. The monoisotopic (exact) mass is 344 g/mol. The molecule has 0 aliphatic heterocycles. The fraction of sp³-hybridized carbons (Fsp3) is 0.350. The molecule has 2 aromatic carbocycles. The topological polar surface area (TPSA) is 24.1 Å². The zero-order valence-electron chi connectivity index (χ0n) is 14.5. The quantitative estimate of drug-likeness (QED) is 0.716. The minimum Gasteiger partial charge on any atom is -0.359 e. The highest BCUT2D eigenvalue weighted by Gasteiger charge is 2.08. The maximum absolute atomic E-state index is 12.9. The van der Waals surface area contributed by atoms with Gasteiger partial charge < -0.3 is 10.6 Å². The third-order valence-electron chi connectivity index (χ3n) is 4.33. The molecule has 0 aliphatic carbocycles. The molecule has 2 N–H and O–H groups in total. The molecule has 0 unspecified atom stereocenters. The summed E-state index contributed by atoms with van der Waals surface area (Å²) in [4.78, 5) is 0. The molecule has 2 nitrogen and oxygen atoms in total. The molecule has 2 atom stereocenters. The van der Waals surface area contributed by atoms with Crippen LogP contribution in [0.5, 0.6) is 0 Å². The van der Waals surface area contributed by atoms with Crippen molar-refractivity contribution in [1.82, 2.24) is 10.6 Å². The molecule has 4 heteroatoms. The standard InChI is InChI=1S/C20H25FN2S/c1-4-14(2)17-7-9-18(10-8-17)15(3)23-20(24)22-13-16-5-11-19(21)12-6-16/h5-12,14-15H,4,13H2,1-3H3,(H2,22,23,24)/t14-,15-/m0/s1. The van der Waals surface area contributed by atoms with E-state index in [1.165, 1.54) is 23.3 Å². The molecule has 24 heavy (non-hydrogen) atoms. The fourth-order valence-corrected chi connectivity index (χ4v) is 2.71. The van der Waals surface area contributed by atoms with Gasteiger partial charge in [-0.25, -0.2) is 4.39 Å². The van der Waals surface area contributed by atoms with Crippen molar-refractivity contribution in [3.8, 4) is 0 Å². The van der Waals surface area contributed by atoms with Gasteiger partial charge in [-0.2, -0.15) is 0 Å². The number of hydrogen-bond acceptors (Lipinski definition) is 1. The highest BCUT2D eigenvalue weighted by atomic mass is 32.1. The molecule has 0 saturated heterocycles. The Kier molecular flexibility index (Phi) is 6.73. The van der Waals surface area contributed by atoms with Gasteiger partial charge in [0.05, 0.1) is 6.04 Å². The molecule has 0 aromatic heterocycles. The molecule has 2 rings (SSSR count). The van der Waals surface area contributed by atoms with Crippen LogP contribution < -0.4 is 10.6 Å². The van der Waals surface area contributed by atoms with E-state index in [0.717, 1.165) is 12.0 Å². The lowest BCUT2D eigenvalue weighted by molar-refractivity contribution is 0.626. The van der Waals surface area contributed by atoms with Crippen molar-refractivity contribution in [3.05, 3.63) is 71.0 Å². The highest BCUT2D eigenvalue weighted by molar-refractivity contribution is 7.80. The van der Waals surface area contributed by atoms with Crippen molar-refractivity contribution in [3.63, 3.8) is 0 Å². The first-order chi connectivity index (χ1) is 11.5. The Morgan fingerprint density at radius 3 is 2.17 bits per heavy atom. The molecular formula is C20H25FN2S. The summed E-state index contributed by atoms with van der Waals surface area (Å²) in [6.07, 6.45) is 1.14. The van der Waals surface area contributed by atoms with Crippen molar-refractivity contribution >= 4 is 17.3 Å². The lowest BCUT2D eigenvalue weighted by Gasteiger charge is -2.18. The Hall–Kier alpha value is -1.94. The van der Waals surface area contributed by atoms with Gasteiger partial charge in [0.25, 0.3) is 0 Å². The van der Waals surface area contributed by atoms with Crippen LogP contribution in [0.2, 0.25) is 0 Å². The third-order valence-corrected chi connectivity index (χ3v) is 4.59. The molecule has 0 aliphatic rings. The second-order valence-electron chi connectivity index (χ2n) is 6.15. The average molecular weight is 344 g/mol. The summed E-state index contributed by atoms with van der Waals surface area (Å²) in [6, 6.07) is 15.2. The van der Waals surface area contributed by atoms with Crippen molar-refractivity contribution in [2.45, 2.75) is 45.7 Å². The van der Waals surface area contributed by atoms with Crippen LogP contribution in [0.15, 0.2) is 48.5 Å². The Balaban J connectivity index is 1.85. The number of halogens is 1. The van der Waals surface area contributed by atoms with Crippen LogP contribution >= 0.6 is 12.2 Å². The summed E-state index contributed by atoms with van der Waals surface area (Å²) in [5, 5.41) is 7.04. The van der Waals surface area contributed by atoms with Crippen LogP contribution in [0, 0.1) is 5.82 Å². The van der Waals surface area contributed by atoms with E-state index in [2.05, 4.69) is 55.7 Å². The zero-order valence-corrected chi connectivity index (χ0v) is 15.3. The van der Waals surface area contributed by atoms with Crippen LogP contribution in [0.25, 0.3) is 0 Å². The predicted octanol–water partition coefficient (Wildman–Crippen LogP) is 5.06. The lowest BCUT2D eigenvalue weighted by Crippen LogP contribution is -2.36. The molecule has 0 fully saturated rings. The SMILES string of the molecule is CC[C@H](C)c1ccc([C@H](C)NC(=S)NCc2ccc(F)cc2)cc1. The van der Waals surface area contributed by atoms with Gasteiger partial charge in [0.15, 0.2) is 5.11 Å². The van der Waals surface area contributed by atoms with E-state index in [0.29, 0.717) is 17.6 Å². The summed E-state index contributed by atoms with van der Waals surface area (Å²) >= 11 is 5.34. The molecule has 0 heterocycles. The molecule has 0 spiro atoms. The molecule has 0 saturated carbocycles. The van der Waals surface area contributed by atoms with E-state index in [1.807, 2.05) is 0 Å². The van der Waals surface area contributed by atoms with E-state index >= 15 is 0 Å². The van der Waals surface area contributed by atoms with Crippen molar-refractivity contribution in [2.24, 2.45) is 0 Å². The smallest absolute Gasteiger partial charge is 0.167 e. The molecule has 0 radical (unpaired) electrons. The van der Waals surface area contributed by atoms with Crippen LogP contribution in [0.3, 0.4) is 0 Å². The van der Waals surface area contributed by atoms with E-state index in [9.17, 15) is 4.39 Å². The minimum absolute atomic E-state index is 0.129. The van der Waals surface area contributed by atoms with E-state index in [-0.39, 0.29) is 11.9 Å². The van der Waals surface area contributed by atoms with Gasteiger partial charge >= 0.3 is 0 Å². The van der Waals surface area contributed by atoms with Gasteiger partial charge in [0, 0.05) is 6.54 Å². The van der Waals surface area contributed by atoms with Crippen molar-refractivity contribution < 1.29 is 4.39 Å². The second-order valence-corrected chi connectivity index (χ2v) is 6.56. The van der Waals surface area contributed by atoms with Gasteiger partial charge in [-0.1, -0.05) is 50.2 Å². The first kappa shape index (κ1) is 18.4. The fourth-order valence-electron chi connectivity index (χ4n) is 2.46. The number of hydrogen-bond donors (Lipinski definition) is 2. The maximum Gasteiger partial charge on any atom is 0.167 e. The van der Waals surface area contributed by atoms with Crippen molar-refractivity contribution in [1.29, 1.82) is 0 Å². The first-order valence-electron chi connectivity index (χ1n) is 8.38. The van der Waals surface area contributed by atoms with Gasteiger partial charge in [0.2, 0.25) is 0 Å². The summed E-state index contributed by atoms with van der Waals surface area (Å²) in [5.41, 5.74) is 3.56. The lowest BCUT2D eigenvalue weighted by atomic mass is 9.96. The van der Waals surface area contributed by atoms with Gasteiger partial charge in [-0.05, 0) is 60.3 Å². The van der Waals surface area contributed by atoms with E-state index in [1.54, 1.807) is 12.1 Å². The second kappa shape index (κ2) is 8.78. The maximum atomic E-state index is 12.9. The predicted molar refractivity (Wildman–Crippen MR) is 103 cm³/mol. The minimum atomic E-state index is -0.228. The van der Waals surface area contributed by atoms with E-state index < -0.39 is 0 Å². The third kappa shape index (κ3) is 5.31. The van der Waals surface area contributed by atoms with Crippen LogP contribution in [-0.4, -0.2) is 5.11 Å². The Bertz CT molecular complexity index is 652. The average Bonchev–Trinajstić information content (AvgIpc) is 2.60. The number of rotatable bonds is 6. The molecule has 128 valence electrons. The van der Waals surface area contributed by atoms with Crippen LogP contribution in [0.4, 0.5) is 4.39 Å². The zero-order chi connectivity index (χ0) is 17.5. The van der Waals surface area contributed by atoms with Crippen LogP contribution in [0.1, 0.15) is 55.8 Å². The van der Waals surface area contributed by atoms with E-state index in [4.69, 9.17) is 12.2 Å². The summed E-state index contributed by atoms with van der Waals surface area (Å²) in [6.45, 7) is 7.11. The summed E-state index contributed by atoms with van der Waals surface area (Å²) < 4.78 is 12.9. The summed E-state index contributed by atoms with van der Waals surface area (Å²) in [5.74, 6) is 0.356. The Morgan fingerprint density at radius 1 is 1.00 bits per heavy atom. The Morgan fingerprint density at radius 2 is 1.58 bits per heavy atom. The number of thiocarbonyl (C=S) groups is 1. The molecule has 0 bridgehead atoms. The molecular weight excluding hydrogens is 319 g/mol. The largest absolute Gasteiger partial charge is 0.359 e. The van der Waals surface area contributed by atoms with Gasteiger partial charge in [-0.3, -0.25) is 0 Å². The van der Waals surface area contributed by atoms with Gasteiger partial charge in [-0.15, -0.1) is 0 Å². The Labute approximate surface area is 149 Å². The van der Waals surface area contributed by atoms with Crippen LogP contribution in [-0.2, 0) is 6.54 Å².